The quantitative estimate of drug-likeness (QED) is 0.776. The standard InChI is InChI=1S/C17H18F3N5O3/c1-9-6-12(7-22-15(9)28-8-17(18,19)20)10(2)23-14(27)13-4-5-21-16(25-13)24-11(3)26/h4-7,10H,8H2,1-3H3,(H,23,27)(H,21,24,25,26). The number of rotatable bonds is 6. The van der Waals surface area contributed by atoms with Crippen LogP contribution in [0.1, 0.15) is 41.5 Å². The van der Waals surface area contributed by atoms with E-state index < -0.39 is 24.7 Å². The van der Waals surface area contributed by atoms with Crippen molar-refractivity contribution in [2.75, 3.05) is 11.9 Å². The van der Waals surface area contributed by atoms with Crippen molar-refractivity contribution >= 4 is 17.8 Å². The third-order valence-electron chi connectivity index (χ3n) is 3.45. The molecule has 0 aliphatic carbocycles. The zero-order chi connectivity index (χ0) is 20.9. The highest BCUT2D eigenvalue weighted by Gasteiger charge is 2.29. The van der Waals surface area contributed by atoms with Gasteiger partial charge < -0.3 is 10.1 Å². The van der Waals surface area contributed by atoms with Crippen LogP contribution in [0.3, 0.4) is 0 Å². The first-order valence-corrected chi connectivity index (χ1v) is 8.13. The van der Waals surface area contributed by atoms with E-state index in [1.807, 2.05) is 0 Å². The molecule has 2 amide bonds. The number of amides is 2. The van der Waals surface area contributed by atoms with Crippen molar-refractivity contribution in [1.82, 2.24) is 20.3 Å². The van der Waals surface area contributed by atoms with Crippen LogP contribution in [0.2, 0.25) is 0 Å². The highest BCUT2D eigenvalue weighted by atomic mass is 19.4. The monoisotopic (exact) mass is 397 g/mol. The number of carbonyl (C=O) groups is 2. The molecule has 2 N–H and O–H groups in total. The molecule has 0 spiro atoms. The van der Waals surface area contributed by atoms with Crippen LogP contribution < -0.4 is 15.4 Å². The average molecular weight is 397 g/mol. The van der Waals surface area contributed by atoms with Crippen LogP contribution in [0.4, 0.5) is 19.1 Å². The minimum absolute atomic E-state index is 0.00326. The average Bonchev–Trinajstić information content (AvgIpc) is 2.59. The van der Waals surface area contributed by atoms with Crippen molar-refractivity contribution in [3.63, 3.8) is 0 Å². The van der Waals surface area contributed by atoms with Crippen LogP contribution in [0, 0.1) is 6.92 Å². The van der Waals surface area contributed by atoms with Gasteiger partial charge in [0, 0.05) is 24.9 Å². The molecule has 0 radical (unpaired) electrons. The Kier molecular flexibility index (Phi) is 6.49. The van der Waals surface area contributed by atoms with Gasteiger partial charge in [-0.1, -0.05) is 0 Å². The summed E-state index contributed by atoms with van der Waals surface area (Å²) in [6, 6.07) is 2.45. The SMILES string of the molecule is CC(=O)Nc1nccc(C(=O)NC(C)c2cnc(OCC(F)(F)F)c(C)c2)n1. The van der Waals surface area contributed by atoms with Crippen molar-refractivity contribution in [2.45, 2.75) is 33.0 Å². The maximum absolute atomic E-state index is 12.3. The van der Waals surface area contributed by atoms with Gasteiger partial charge >= 0.3 is 6.18 Å². The highest BCUT2D eigenvalue weighted by molar-refractivity contribution is 5.93. The zero-order valence-corrected chi connectivity index (χ0v) is 15.3. The van der Waals surface area contributed by atoms with Crippen molar-refractivity contribution in [2.24, 2.45) is 0 Å². The normalized spacial score (nSPS) is 12.2. The van der Waals surface area contributed by atoms with E-state index in [4.69, 9.17) is 0 Å². The second kappa shape index (κ2) is 8.63. The summed E-state index contributed by atoms with van der Waals surface area (Å²) in [4.78, 5) is 35.0. The molecule has 0 saturated carbocycles. The summed E-state index contributed by atoms with van der Waals surface area (Å²) in [5.74, 6) is -1.02. The fraction of sp³-hybridized carbons (Fsp3) is 0.353. The number of nitrogens with one attached hydrogen (secondary N) is 2. The van der Waals surface area contributed by atoms with Crippen molar-refractivity contribution in [1.29, 1.82) is 0 Å². The Morgan fingerprint density at radius 2 is 2.00 bits per heavy atom. The molecule has 8 nitrogen and oxygen atoms in total. The smallest absolute Gasteiger partial charge is 0.422 e. The van der Waals surface area contributed by atoms with Gasteiger partial charge in [-0.15, -0.1) is 0 Å². The number of halogens is 3. The fourth-order valence-corrected chi connectivity index (χ4v) is 2.18. The van der Waals surface area contributed by atoms with Crippen LogP contribution in [0.25, 0.3) is 0 Å². The number of alkyl halides is 3. The Hall–Kier alpha value is -3.24. The lowest BCUT2D eigenvalue weighted by molar-refractivity contribution is -0.154. The van der Waals surface area contributed by atoms with E-state index in [0.717, 1.165) is 0 Å². The molecule has 2 heterocycles. The first-order chi connectivity index (χ1) is 13.0. The molecule has 2 rings (SSSR count). The number of carbonyl (C=O) groups excluding carboxylic acids is 2. The van der Waals surface area contributed by atoms with Crippen LogP contribution in [-0.4, -0.2) is 39.5 Å². The Balaban J connectivity index is 2.06. The molecular weight excluding hydrogens is 379 g/mol. The maximum Gasteiger partial charge on any atom is 0.422 e. The van der Waals surface area contributed by atoms with E-state index in [0.29, 0.717) is 11.1 Å². The van der Waals surface area contributed by atoms with Gasteiger partial charge in [-0.3, -0.25) is 14.9 Å². The van der Waals surface area contributed by atoms with Crippen molar-refractivity contribution in [3.8, 4) is 5.88 Å². The number of aryl methyl sites for hydroxylation is 1. The lowest BCUT2D eigenvalue weighted by Crippen LogP contribution is -2.28. The molecule has 150 valence electrons. The summed E-state index contributed by atoms with van der Waals surface area (Å²) in [7, 11) is 0. The van der Waals surface area contributed by atoms with E-state index in [9.17, 15) is 22.8 Å². The third kappa shape index (κ3) is 6.18. The number of hydrogen-bond acceptors (Lipinski definition) is 6. The predicted octanol–water partition coefficient (Wildman–Crippen LogP) is 2.57. The molecule has 0 aromatic carbocycles. The van der Waals surface area contributed by atoms with Crippen LogP contribution >= 0.6 is 0 Å². The molecule has 1 atom stereocenters. The van der Waals surface area contributed by atoms with Gasteiger partial charge in [0.25, 0.3) is 5.91 Å². The van der Waals surface area contributed by atoms with Gasteiger partial charge in [-0.05, 0) is 31.5 Å². The summed E-state index contributed by atoms with van der Waals surface area (Å²) in [6.45, 7) is 3.09. The lowest BCUT2D eigenvalue weighted by Gasteiger charge is -2.16. The van der Waals surface area contributed by atoms with Gasteiger partial charge in [-0.2, -0.15) is 13.2 Å². The number of nitrogens with zero attached hydrogens (tertiary/aromatic N) is 3. The van der Waals surface area contributed by atoms with E-state index in [1.165, 1.54) is 25.4 Å². The van der Waals surface area contributed by atoms with Crippen molar-refractivity contribution < 1.29 is 27.5 Å². The van der Waals surface area contributed by atoms with Gasteiger partial charge in [0.05, 0.1) is 6.04 Å². The molecule has 0 fully saturated rings. The van der Waals surface area contributed by atoms with Crippen LogP contribution in [0.15, 0.2) is 24.5 Å². The Morgan fingerprint density at radius 3 is 2.61 bits per heavy atom. The van der Waals surface area contributed by atoms with E-state index in [-0.39, 0.29) is 23.4 Å². The summed E-state index contributed by atoms with van der Waals surface area (Å²) >= 11 is 0. The minimum atomic E-state index is -4.46. The minimum Gasteiger partial charge on any atom is -0.468 e. The van der Waals surface area contributed by atoms with Gasteiger partial charge in [-0.25, -0.2) is 15.0 Å². The Labute approximate surface area is 158 Å². The zero-order valence-electron chi connectivity index (χ0n) is 15.3. The molecule has 2 aromatic heterocycles. The summed E-state index contributed by atoms with van der Waals surface area (Å²) in [5, 5.41) is 5.07. The number of ether oxygens (including phenoxy) is 1. The fourth-order valence-electron chi connectivity index (χ4n) is 2.18. The molecule has 0 aliphatic rings. The topological polar surface area (TPSA) is 106 Å². The van der Waals surface area contributed by atoms with Crippen LogP contribution in [0.5, 0.6) is 5.88 Å². The molecule has 0 saturated heterocycles. The maximum atomic E-state index is 12.3. The molecule has 0 aliphatic heterocycles. The van der Waals surface area contributed by atoms with Gasteiger partial charge in [0.15, 0.2) is 6.61 Å². The second-order valence-corrected chi connectivity index (χ2v) is 5.94. The first-order valence-electron chi connectivity index (χ1n) is 8.13. The summed E-state index contributed by atoms with van der Waals surface area (Å²) in [6.07, 6.45) is -1.80. The Bertz CT molecular complexity index is 873. The van der Waals surface area contributed by atoms with E-state index in [1.54, 1.807) is 19.9 Å². The molecule has 0 bridgehead atoms. The first kappa shape index (κ1) is 21.1. The van der Waals surface area contributed by atoms with E-state index in [2.05, 4.69) is 30.3 Å². The summed E-state index contributed by atoms with van der Waals surface area (Å²) in [5.41, 5.74) is 1.01. The van der Waals surface area contributed by atoms with Crippen LogP contribution in [-0.2, 0) is 4.79 Å². The van der Waals surface area contributed by atoms with E-state index >= 15 is 0 Å². The Morgan fingerprint density at radius 1 is 1.29 bits per heavy atom. The number of hydrogen-bond donors (Lipinski definition) is 2. The molecule has 11 heteroatoms. The molecule has 1 unspecified atom stereocenters. The second-order valence-electron chi connectivity index (χ2n) is 5.94. The number of anilines is 1. The molecule has 2 aromatic rings. The van der Waals surface area contributed by atoms with Gasteiger partial charge in [0.2, 0.25) is 17.7 Å². The van der Waals surface area contributed by atoms with Gasteiger partial charge in [0.1, 0.15) is 5.69 Å². The molecular formula is C17H18F3N5O3. The third-order valence-corrected chi connectivity index (χ3v) is 3.45. The number of pyridine rings is 1. The largest absolute Gasteiger partial charge is 0.468 e. The molecule has 28 heavy (non-hydrogen) atoms. The predicted molar refractivity (Wildman–Crippen MR) is 92.7 cm³/mol. The number of aromatic nitrogens is 3. The highest BCUT2D eigenvalue weighted by Crippen LogP contribution is 2.22. The summed E-state index contributed by atoms with van der Waals surface area (Å²) < 4.78 is 41.4. The van der Waals surface area contributed by atoms with Crippen molar-refractivity contribution in [3.05, 3.63) is 41.3 Å². The lowest BCUT2D eigenvalue weighted by atomic mass is 10.1.